The second-order valence-electron chi connectivity index (χ2n) is 6.71. The van der Waals surface area contributed by atoms with Crippen LogP contribution in [0.3, 0.4) is 0 Å². The minimum absolute atomic E-state index is 0.0423. The van der Waals surface area contributed by atoms with Crippen molar-refractivity contribution in [3.05, 3.63) is 52.8 Å². The molecule has 0 aliphatic carbocycles. The molecule has 3 rings (SSSR count). The first-order chi connectivity index (χ1) is 12.5. The number of carbonyl (C=O) groups excluding carboxylic acids is 1. The maximum atomic E-state index is 12.7. The monoisotopic (exact) mass is 353 g/mol. The fourth-order valence-electron chi connectivity index (χ4n) is 2.96. The molecule has 2 aromatic heterocycles. The maximum absolute atomic E-state index is 12.7. The van der Waals surface area contributed by atoms with E-state index in [2.05, 4.69) is 29.0 Å². The quantitative estimate of drug-likeness (QED) is 0.622. The molecule has 0 aliphatic heterocycles. The largest absolute Gasteiger partial charge is 0.452 e. The standard InChI is InChI=1S/C20H23N3O3/c1-5-15-19(13(4)14-8-6-7-9-16(14)21-15)20(24)25-11-18-22-17(23-26-18)10-12(2)3/h6-9,12H,5,10-11H2,1-4H3. The SMILES string of the molecule is CCc1nc2ccccc2c(C)c1C(=O)OCc1nc(CC(C)C)no1. The van der Waals surface area contributed by atoms with Gasteiger partial charge in [0.15, 0.2) is 12.4 Å². The maximum Gasteiger partial charge on any atom is 0.340 e. The lowest BCUT2D eigenvalue weighted by molar-refractivity contribution is 0.0427. The first-order valence-electron chi connectivity index (χ1n) is 8.86. The number of hydrogen-bond donors (Lipinski definition) is 0. The summed E-state index contributed by atoms with van der Waals surface area (Å²) in [5.74, 6) is 0.949. The van der Waals surface area contributed by atoms with Crippen LogP contribution in [0.1, 0.15) is 54.1 Å². The smallest absolute Gasteiger partial charge is 0.340 e. The van der Waals surface area contributed by atoms with Gasteiger partial charge in [-0.15, -0.1) is 0 Å². The summed E-state index contributed by atoms with van der Waals surface area (Å²) in [6.07, 6.45) is 1.38. The highest BCUT2D eigenvalue weighted by molar-refractivity contribution is 5.98. The lowest BCUT2D eigenvalue weighted by atomic mass is 10.0. The van der Waals surface area contributed by atoms with E-state index < -0.39 is 5.97 Å². The number of esters is 1. The average molecular weight is 353 g/mol. The van der Waals surface area contributed by atoms with Crippen molar-refractivity contribution in [2.24, 2.45) is 5.92 Å². The molecular formula is C20H23N3O3. The molecule has 1 aromatic carbocycles. The van der Waals surface area contributed by atoms with Gasteiger partial charge in [-0.1, -0.05) is 44.1 Å². The van der Waals surface area contributed by atoms with Gasteiger partial charge >= 0.3 is 5.97 Å². The van der Waals surface area contributed by atoms with E-state index in [1.165, 1.54) is 0 Å². The van der Waals surface area contributed by atoms with Gasteiger partial charge in [0.05, 0.1) is 16.8 Å². The van der Waals surface area contributed by atoms with Gasteiger partial charge in [0, 0.05) is 11.8 Å². The van der Waals surface area contributed by atoms with Crippen molar-refractivity contribution < 1.29 is 14.1 Å². The summed E-state index contributed by atoms with van der Waals surface area (Å²) in [4.78, 5) is 21.6. The lowest BCUT2D eigenvalue weighted by Gasteiger charge is -2.12. The van der Waals surface area contributed by atoms with Crippen LogP contribution in [0.4, 0.5) is 0 Å². The van der Waals surface area contributed by atoms with Crippen LogP contribution >= 0.6 is 0 Å². The van der Waals surface area contributed by atoms with Crippen molar-refractivity contribution in [1.82, 2.24) is 15.1 Å². The highest BCUT2D eigenvalue weighted by Crippen LogP contribution is 2.24. The number of hydrogen-bond acceptors (Lipinski definition) is 6. The van der Waals surface area contributed by atoms with Crippen LogP contribution in [0.15, 0.2) is 28.8 Å². The normalized spacial score (nSPS) is 11.3. The van der Waals surface area contributed by atoms with E-state index in [1.807, 2.05) is 38.1 Å². The summed E-state index contributed by atoms with van der Waals surface area (Å²) in [6, 6.07) is 7.79. The summed E-state index contributed by atoms with van der Waals surface area (Å²) >= 11 is 0. The average Bonchev–Trinajstić information content (AvgIpc) is 3.06. The molecule has 26 heavy (non-hydrogen) atoms. The Labute approximate surface area is 152 Å². The fraction of sp³-hybridized carbons (Fsp3) is 0.400. The van der Waals surface area contributed by atoms with Gasteiger partial charge < -0.3 is 9.26 Å². The first kappa shape index (κ1) is 18.0. The Kier molecular flexibility index (Phi) is 5.30. The molecule has 0 radical (unpaired) electrons. The number of pyridine rings is 1. The Morgan fingerprint density at radius 1 is 1.23 bits per heavy atom. The van der Waals surface area contributed by atoms with Crippen LogP contribution in [0.25, 0.3) is 10.9 Å². The van der Waals surface area contributed by atoms with Crippen LogP contribution in [-0.4, -0.2) is 21.1 Å². The number of aryl methyl sites for hydroxylation is 2. The molecule has 136 valence electrons. The third-order valence-electron chi connectivity index (χ3n) is 4.19. The summed E-state index contributed by atoms with van der Waals surface area (Å²) < 4.78 is 10.6. The number of rotatable bonds is 6. The zero-order valence-corrected chi connectivity index (χ0v) is 15.6. The van der Waals surface area contributed by atoms with Crippen molar-refractivity contribution >= 4 is 16.9 Å². The topological polar surface area (TPSA) is 78.1 Å². The molecule has 0 aliphatic rings. The molecule has 6 heteroatoms. The molecule has 3 aromatic rings. The van der Waals surface area contributed by atoms with Gasteiger partial charge in [-0.2, -0.15) is 4.98 Å². The first-order valence-corrected chi connectivity index (χ1v) is 8.86. The number of para-hydroxylation sites is 1. The van der Waals surface area contributed by atoms with E-state index in [0.29, 0.717) is 29.6 Å². The second kappa shape index (κ2) is 7.64. The van der Waals surface area contributed by atoms with Gasteiger partial charge in [0.25, 0.3) is 5.89 Å². The Hall–Kier alpha value is -2.76. The van der Waals surface area contributed by atoms with Crippen molar-refractivity contribution in [1.29, 1.82) is 0 Å². The van der Waals surface area contributed by atoms with E-state index in [0.717, 1.165) is 28.6 Å². The summed E-state index contributed by atoms with van der Waals surface area (Å²) in [6.45, 7) is 8.02. The molecule has 0 saturated carbocycles. The number of nitrogens with zero attached hydrogens (tertiary/aromatic N) is 3. The molecule has 0 fully saturated rings. The lowest BCUT2D eigenvalue weighted by Crippen LogP contribution is -2.12. The van der Waals surface area contributed by atoms with Crippen LogP contribution < -0.4 is 0 Å². The second-order valence-corrected chi connectivity index (χ2v) is 6.71. The van der Waals surface area contributed by atoms with Crippen molar-refractivity contribution in [2.45, 2.75) is 47.1 Å². The van der Waals surface area contributed by atoms with Gasteiger partial charge in [-0.25, -0.2) is 4.79 Å². The van der Waals surface area contributed by atoms with E-state index >= 15 is 0 Å². The molecule has 0 N–H and O–H groups in total. The molecule has 0 bridgehead atoms. The molecule has 0 spiro atoms. The van der Waals surface area contributed by atoms with E-state index in [1.54, 1.807) is 0 Å². The number of benzene rings is 1. The van der Waals surface area contributed by atoms with Gasteiger partial charge in [0.2, 0.25) is 0 Å². The predicted octanol–water partition coefficient (Wildman–Crippen LogP) is 4.04. The third-order valence-corrected chi connectivity index (χ3v) is 4.19. The summed E-state index contributed by atoms with van der Waals surface area (Å²) in [5, 5.41) is 4.86. The Morgan fingerprint density at radius 3 is 2.73 bits per heavy atom. The summed E-state index contributed by atoms with van der Waals surface area (Å²) in [7, 11) is 0. The zero-order valence-electron chi connectivity index (χ0n) is 15.6. The van der Waals surface area contributed by atoms with Gasteiger partial charge in [0.1, 0.15) is 0 Å². The molecule has 6 nitrogen and oxygen atoms in total. The van der Waals surface area contributed by atoms with Crippen LogP contribution in [0.2, 0.25) is 0 Å². The van der Waals surface area contributed by atoms with Gasteiger partial charge in [-0.05, 0) is 30.9 Å². The van der Waals surface area contributed by atoms with Crippen LogP contribution in [-0.2, 0) is 24.2 Å². The van der Waals surface area contributed by atoms with Crippen molar-refractivity contribution in [3.8, 4) is 0 Å². The number of aromatic nitrogens is 3. The molecule has 0 amide bonds. The molecule has 0 atom stereocenters. The highest BCUT2D eigenvalue weighted by atomic mass is 16.6. The fourth-order valence-corrected chi connectivity index (χ4v) is 2.96. The summed E-state index contributed by atoms with van der Waals surface area (Å²) in [5.41, 5.74) is 3.02. The van der Waals surface area contributed by atoms with Crippen molar-refractivity contribution in [2.75, 3.05) is 0 Å². The number of fused-ring (bicyclic) bond motifs is 1. The number of ether oxygens (including phenoxy) is 1. The van der Waals surface area contributed by atoms with E-state index in [9.17, 15) is 4.79 Å². The van der Waals surface area contributed by atoms with Crippen LogP contribution in [0.5, 0.6) is 0 Å². The minimum Gasteiger partial charge on any atom is -0.452 e. The highest BCUT2D eigenvalue weighted by Gasteiger charge is 2.20. The molecule has 0 unspecified atom stereocenters. The Bertz CT molecular complexity index is 931. The molecular weight excluding hydrogens is 330 g/mol. The minimum atomic E-state index is -0.416. The third kappa shape index (κ3) is 3.74. The number of carbonyl (C=O) groups is 1. The predicted molar refractivity (Wildman–Crippen MR) is 97.8 cm³/mol. The Balaban J connectivity index is 1.81. The van der Waals surface area contributed by atoms with Crippen molar-refractivity contribution in [3.63, 3.8) is 0 Å². The van der Waals surface area contributed by atoms with E-state index in [4.69, 9.17) is 9.26 Å². The molecule has 0 saturated heterocycles. The van der Waals surface area contributed by atoms with E-state index in [-0.39, 0.29) is 6.61 Å². The Morgan fingerprint density at radius 2 is 2.00 bits per heavy atom. The zero-order chi connectivity index (χ0) is 18.7. The van der Waals surface area contributed by atoms with Gasteiger partial charge in [-0.3, -0.25) is 4.98 Å². The van der Waals surface area contributed by atoms with Crippen LogP contribution in [0, 0.1) is 12.8 Å². The molecule has 2 heterocycles.